The lowest BCUT2D eigenvalue weighted by Crippen LogP contribution is -2.29. The fourth-order valence-corrected chi connectivity index (χ4v) is 1.12. The predicted octanol–water partition coefficient (Wildman–Crippen LogP) is 0.736. The third kappa shape index (κ3) is 2.10. The molecule has 0 amide bonds. The summed E-state index contributed by atoms with van der Waals surface area (Å²) in [6, 6.07) is 0. The van der Waals surface area contributed by atoms with Gasteiger partial charge in [-0.2, -0.15) is 0 Å². The van der Waals surface area contributed by atoms with Gasteiger partial charge in [0.25, 0.3) is 0 Å². The van der Waals surface area contributed by atoms with Gasteiger partial charge in [0.2, 0.25) is 0 Å². The van der Waals surface area contributed by atoms with Crippen molar-refractivity contribution in [3.8, 4) is 0 Å². The van der Waals surface area contributed by atoms with Crippen molar-refractivity contribution in [2.24, 2.45) is 11.8 Å². The summed E-state index contributed by atoms with van der Waals surface area (Å²) >= 11 is 0. The van der Waals surface area contributed by atoms with E-state index in [4.69, 9.17) is 10.7 Å². The minimum Gasteiger partial charge on any atom is -0.280 e. The molecule has 0 bridgehead atoms. The molecule has 0 heterocycles. The van der Waals surface area contributed by atoms with Crippen LogP contribution < -0.4 is 11.4 Å². The Morgan fingerprint density at radius 1 is 1.50 bits per heavy atom. The van der Waals surface area contributed by atoms with Gasteiger partial charge in [0.05, 0.1) is 6.10 Å². The van der Waals surface area contributed by atoms with Crippen LogP contribution >= 0.6 is 0 Å². The molecule has 3 N–H and O–H groups in total. The molecular formula is C7H14N2O. The molecule has 0 spiro atoms. The van der Waals surface area contributed by atoms with E-state index < -0.39 is 0 Å². The summed E-state index contributed by atoms with van der Waals surface area (Å²) < 4.78 is 0. The molecule has 0 radical (unpaired) electrons. The number of nitrogens with one attached hydrogen (secondary N) is 1. The van der Waals surface area contributed by atoms with Gasteiger partial charge < -0.3 is 0 Å². The minimum atomic E-state index is 0.168. The van der Waals surface area contributed by atoms with E-state index in [0.717, 1.165) is 6.42 Å². The molecule has 2 unspecified atom stereocenters. The first-order chi connectivity index (χ1) is 4.83. The first-order valence-electron chi connectivity index (χ1n) is 3.62. The average molecular weight is 142 g/mol. The molecule has 0 fully saturated rings. The molecule has 0 aromatic rings. The first-order valence-corrected chi connectivity index (χ1v) is 3.62. The largest absolute Gasteiger partial charge is 0.280 e. The van der Waals surface area contributed by atoms with Crippen molar-refractivity contribution in [1.82, 2.24) is 5.59 Å². The number of nitrogens with two attached hydrogens (primary N) is 1. The number of hydrogen-bond donors (Lipinski definition) is 2. The second-order valence-electron chi connectivity index (χ2n) is 2.71. The van der Waals surface area contributed by atoms with Crippen LogP contribution in [0.4, 0.5) is 0 Å². The topological polar surface area (TPSA) is 47.3 Å². The van der Waals surface area contributed by atoms with Crippen molar-refractivity contribution in [1.29, 1.82) is 0 Å². The highest BCUT2D eigenvalue weighted by Gasteiger charge is 2.11. The van der Waals surface area contributed by atoms with E-state index in [9.17, 15) is 0 Å². The van der Waals surface area contributed by atoms with Crippen molar-refractivity contribution in [3.63, 3.8) is 0 Å². The molecule has 1 aliphatic rings. The number of rotatable bonds is 2. The van der Waals surface area contributed by atoms with Crippen molar-refractivity contribution in [2.75, 3.05) is 0 Å². The van der Waals surface area contributed by atoms with Gasteiger partial charge in [-0.1, -0.05) is 19.1 Å². The van der Waals surface area contributed by atoms with Gasteiger partial charge in [-0.05, 0) is 18.8 Å². The molecule has 0 aromatic carbocycles. The Bertz CT molecular complexity index is 125. The number of hydrazine groups is 1. The highest BCUT2D eigenvalue weighted by molar-refractivity contribution is 4.97. The summed E-state index contributed by atoms with van der Waals surface area (Å²) in [5.74, 6) is 5.68. The van der Waals surface area contributed by atoms with E-state index in [1.165, 1.54) is 6.42 Å². The molecule has 3 heteroatoms. The fourth-order valence-electron chi connectivity index (χ4n) is 1.12. The van der Waals surface area contributed by atoms with Gasteiger partial charge in [-0.3, -0.25) is 4.84 Å². The third-order valence-corrected chi connectivity index (χ3v) is 1.78. The summed E-state index contributed by atoms with van der Waals surface area (Å²) in [6.45, 7) is 2.20. The second-order valence-corrected chi connectivity index (χ2v) is 2.71. The van der Waals surface area contributed by atoms with Crippen molar-refractivity contribution < 1.29 is 4.84 Å². The zero-order valence-electron chi connectivity index (χ0n) is 6.21. The minimum absolute atomic E-state index is 0.168. The SMILES string of the molecule is CC1C=CC(ONN)CC1. The highest BCUT2D eigenvalue weighted by atomic mass is 16.7. The Kier molecular flexibility index (Phi) is 2.86. The summed E-state index contributed by atoms with van der Waals surface area (Å²) in [4.78, 5) is 4.97. The van der Waals surface area contributed by atoms with Crippen LogP contribution in [0, 0.1) is 5.92 Å². The van der Waals surface area contributed by atoms with Gasteiger partial charge in [0.15, 0.2) is 0 Å². The van der Waals surface area contributed by atoms with E-state index in [2.05, 4.69) is 18.6 Å². The highest BCUT2D eigenvalue weighted by Crippen LogP contribution is 2.17. The number of allylic oxidation sites excluding steroid dienone is 1. The van der Waals surface area contributed by atoms with Crippen LogP contribution in [-0.2, 0) is 4.84 Å². The molecule has 0 saturated carbocycles. The Labute approximate surface area is 61.2 Å². The second kappa shape index (κ2) is 3.71. The Morgan fingerprint density at radius 2 is 2.30 bits per heavy atom. The van der Waals surface area contributed by atoms with Crippen LogP contribution in [0.1, 0.15) is 19.8 Å². The van der Waals surface area contributed by atoms with Gasteiger partial charge in [-0.25, -0.2) is 5.84 Å². The van der Waals surface area contributed by atoms with Crippen LogP contribution in [0.25, 0.3) is 0 Å². The molecule has 58 valence electrons. The van der Waals surface area contributed by atoms with Gasteiger partial charge in [-0.15, -0.1) is 5.59 Å². The van der Waals surface area contributed by atoms with Crippen LogP contribution in [0.2, 0.25) is 0 Å². The molecule has 2 atom stereocenters. The van der Waals surface area contributed by atoms with Gasteiger partial charge in [0, 0.05) is 0 Å². The van der Waals surface area contributed by atoms with Crippen molar-refractivity contribution in [3.05, 3.63) is 12.2 Å². The monoisotopic (exact) mass is 142 g/mol. The number of hydrogen-bond acceptors (Lipinski definition) is 3. The van der Waals surface area contributed by atoms with Crippen LogP contribution in [0.3, 0.4) is 0 Å². The smallest absolute Gasteiger partial charge is 0.0987 e. The lowest BCUT2D eigenvalue weighted by molar-refractivity contribution is -0.00829. The van der Waals surface area contributed by atoms with Gasteiger partial charge in [0.1, 0.15) is 0 Å². The molecule has 0 aliphatic heterocycles. The molecular weight excluding hydrogens is 128 g/mol. The molecule has 10 heavy (non-hydrogen) atoms. The standard InChI is InChI=1S/C7H14N2O/c1-6-2-4-7(5-3-6)10-9-8/h2,4,6-7,9H,3,5,8H2,1H3. The summed E-state index contributed by atoms with van der Waals surface area (Å²) in [5.41, 5.74) is 2.20. The predicted molar refractivity (Wildman–Crippen MR) is 39.7 cm³/mol. The molecule has 1 rings (SSSR count). The first kappa shape index (κ1) is 7.72. The summed E-state index contributed by atoms with van der Waals surface area (Å²) in [7, 11) is 0. The van der Waals surface area contributed by atoms with E-state index in [-0.39, 0.29) is 6.10 Å². The Balaban J connectivity index is 2.30. The third-order valence-electron chi connectivity index (χ3n) is 1.78. The van der Waals surface area contributed by atoms with Crippen LogP contribution in [0.5, 0.6) is 0 Å². The quantitative estimate of drug-likeness (QED) is 0.339. The van der Waals surface area contributed by atoms with E-state index in [1.807, 2.05) is 6.08 Å². The Morgan fingerprint density at radius 3 is 2.80 bits per heavy atom. The molecule has 1 aliphatic carbocycles. The maximum Gasteiger partial charge on any atom is 0.0987 e. The Hall–Kier alpha value is -0.380. The summed E-state index contributed by atoms with van der Waals surface area (Å²) in [5, 5.41) is 0. The van der Waals surface area contributed by atoms with E-state index in [0.29, 0.717) is 5.92 Å². The lowest BCUT2D eigenvalue weighted by Gasteiger charge is -2.18. The van der Waals surface area contributed by atoms with E-state index >= 15 is 0 Å². The van der Waals surface area contributed by atoms with Crippen molar-refractivity contribution >= 4 is 0 Å². The van der Waals surface area contributed by atoms with Crippen LogP contribution in [0.15, 0.2) is 12.2 Å². The van der Waals surface area contributed by atoms with E-state index in [1.54, 1.807) is 0 Å². The fraction of sp³-hybridized carbons (Fsp3) is 0.714. The maximum atomic E-state index is 4.99. The normalized spacial score (nSPS) is 32.6. The maximum absolute atomic E-state index is 4.99. The molecule has 3 nitrogen and oxygen atoms in total. The zero-order valence-corrected chi connectivity index (χ0v) is 6.21. The van der Waals surface area contributed by atoms with Crippen LogP contribution in [-0.4, -0.2) is 6.10 Å². The van der Waals surface area contributed by atoms with Crippen molar-refractivity contribution in [2.45, 2.75) is 25.9 Å². The summed E-state index contributed by atoms with van der Waals surface area (Å²) in [6.07, 6.45) is 6.62. The molecule has 0 saturated heterocycles. The lowest BCUT2D eigenvalue weighted by atomic mass is 9.96. The average Bonchev–Trinajstić information content (AvgIpc) is 1.95. The zero-order chi connectivity index (χ0) is 7.40. The molecule has 0 aromatic heterocycles. The van der Waals surface area contributed by atoms with Gasteiger partial charge >= 0.3 is 0 Å².